The summed E-state index contributed by atoms with van der Waals surface area (Å²) >= 11 is 0. The molecule has 8 nitrogen and oxygen atoms in total. The molecule has 2 aromatic carbocycles. The Morgan fingerprint density at radius 2 is 1.65 bits per heavy atom. The van der Waals surface area contributed by atoms with E-state index in [1.165, 1.54) is 5.56 Å². The SMILES string of the molecule is CCCCC(=O)CC[C@@H](NC(=O)OC)C(=O)N[C@@H](Cc1cc(F)cc(F)c1)[C@H](O)CNCc1cccc(CC)c1. The van der Waals surface area contributed by atoms with Crippen molar-refractivity contribution < 1.29 is 33.0 Å². The number of benzene rings is 2. The molecule has 10 heteroatoms. The van der Waals surface area contributed by atoms with Gasteiger partial charge in [0.25, 0.3) is 0 Å². The van der Waals surface area contributed by atoms with Crippen LogP contribution in [-0.2, 0) is 33.7 Å². The molecule has 0 bridgehead atoms. The number of halogens is 2. The molecular weight excluding hydrogens is 520 g/mol. The van der Waals surface area contributed by atoms with Gasteiger partial charge in [0.15, 0.2) is 0 Å². The van der Waals surface area contributed by atoms with Crippen LogP contribution in [0.4, 0.5) is 13.6 Å². The van der Waals surface area contributed by atoms with E-state index in [0.29, 0.717) is 13.0 Å². The van der Waals surface area contributed by atoms with Crippen LogP contribution in [0.15, 0.2) is 42.5 Å². The molecule has 220 valence electrons. The number of unbranched alkanes of at least 4 members (excludes halogenated alkanes) is 1. The van der Waals surface area contributed by atoms with E-state index in [4.69, 9.17) is 0 Å². The number of aryl methyl sites for hydroxylation is 1. The molecule has 2 aromatic rings. The third kappa shape index (κ3) is 11.8. The molecule has 0 heterocycles. The third-order valence-corrected chi connectivity index (χ3v) is 6.57. The normalized spacial score (nSPS) is 13.2. The second-order valence-electron chi connectivity index (χ2n) is 9.84. The maximum Gasteiger partial charge on any atom is 0.407 e. The Morgan fingerprint density at radius 1 is 0.950 bits per heavy atom. The zero-order valence-corrected chi connectivity index (χ0v) is 23.5. The summed E-state index contributed by atoms with van der Waals surface area (Å²) in [6.07, 6.45) is 0.895. The fraction of sp³-hybridized carbons (Fsp3) is 0.500. The number of hydrogen-bond donors (Lipinski definition) is 4. The van der Waals surface area contributed by atoms with Crippen LogP contribution >= 0.6 is 0 Å². The predicted molar refractivity (Wildman–Crippen MR) is 149 cm³/mol. The van der Waals surface area contributed by atoms with Gasteiger partial charge in [-0.05, 0) is 54.5 Å². The summed E-state index contributed by atoms with van der Waals surface area (Å²) in [5, 5.41) is 19.3. The molecule has 0 aliphatic rings. The van der Waals surface area contributed by atoms with E-state index in [-0.39, 0.29) is 37.2 Å². The summed E-state index contributed by atoms with van der Waals surface area (Å²) in [7, 11) is 1.16. The number of aliphatic hydroxyl groups is 1. The average molecular weight is 562 g/mol. The smallest absolute Gasteiger partial charge is 0.407 e. The monoisotopic (exact) mass is 561 g/mol. The fourth-order valence-corrected chi connectivity index (χ4v) is 4.29. The van der Waals surface area contributed by atoms with Crippen LogP contribution in [0, 0.1) is 11.6 Å². The lowest BCUT2D eigenvalue weighted by Gasteiger charge is -2.27. The molecule has 40 heavy (non-hydrogen) atoms. The van der Waals surface area contributed by atoms with Gasteiger partial charge in [-0.3, -0.25) is 9.59 Å². The molecule has 0 saturated carbocycles. The molecule has 0 saturated heterocycles. The van der Waals surface area contributed by atoms with E-state index in [1.54, 1.807) is 0 Å². The van der Waals surface area contributed by atoms with E-state index in [2.05, 4.69) is 33.7 Å². The van der Waals surface area contributed by atoms with E-state index in [9.17, 15) is 28.3 Å². The lowest BCUT2D eigenvalue weighted by atomic mass is 9.99. The Bertz CT molecular complexity index is 1090. The van der Waals surface area contributed by atoms with Crippen LogP contribution < -0.4 is 16.0 Å². The highest BCUT2D eigenvalue weighted by Crippen LogP contribution is 2.13. The summed E-state index contributed by atoms with van der Waals surface area (Å²) in [6, 6.07) is 8.93. The van der Waals surface area contributed by atoms with E-state index in [1.807, 2.05) is 25.1 Å². The molecule has 0 aliphatic heterocycles. The van der Waals surface area contributed by atoms with Gasteiger partial charge in [-0.2, -0.15) is 0 Å². The largest absolute Gasteiger partial charge is 0.453 e. The van der Waals surface area contributed by atoms with Crippen molar-refractivity contribution in [3.63, 3.8) is 0 Å². The highest BCUT2D eigenvalue weighted by Gasteiger charge is 2.28. The molecule has 4 N–H and O–H groups in total. The third-order valence-electron chi connectivity index (χ3n) is 6.57. The lowest BCUT2D eigenvalue weighted by molar-refractivity contribution is -0.125. The zero-order valence-electron chi connectivity index (χ0n) is 23.5. The first kappa shape index (κ1) is 32.8. The number of amides is 2. The number of Topliss-reactive ketones (excluding diaryl/α,β-unsaturated/α-hetero) is 1. The molecule has 2 amide bonds. The fourth-order valence-electron chi connectivity index (χ4n) is 4.29. The van der Waals surface area contributed by atoms with Gasteiger partial charge in [-0.25, -0.2) is 13.6 Å². The second-order valence-corrected chi connectivity index (χ2v) is 9.84. The van der Waals surface area contributed by atoms with Crippen molar-refractivity contribution in [1.82, 2.24) is 16.0 Å². The number of carbonyl (C=O) groups excluding carboxylic acids is 3. The second kappa shape index (κ2) is 17.3. The Hall–Kier alpha value is -3.37. The quantitative estimate of drug-likeness (QED) is 0.232. The first-order valence-electron chi connectivity index (χ1n) is 13.7. The molecule has 0 radical (unpaired) electrons. The standard InChI is InChI=1S/C30H41F2N3O5/c1-4-6-10-25(36)11-12-26(35-30(39)40-3)29(38)34-27(16-22-14-23(31)17-24(32)15-22)28(37)19-33-18-21-9-7-8-20(5-2)13-21/h7-9,13-15,17,26-28,33,37H,4-6,10-12,16,18-19H2,1-3H3,(H,34,38)(H,35,39)/t26-,27+,28-/m1/s1. The van der Waals surface area contributed by atoms with Crippen molar-refractivity contribution in [3.8, 4) is 0 Å². The van der Waals surface area contributed by atoms with Gasteiger partial charge >= 0.3 is 6.09 Å². The minimum absolute atomic E-state index is 0.0329. The number of hydrogen-bond acceptors (Lipinski definition) is 6. The molecule has 3 atom stereocenters. The number of ketones is 1. The summed E-state index contributed by atoms with van der Waals surface area (Å²) in [5.74, 6) is -2.24. The Balaban J connectivity index is 2.16. The van der Waals surface area contributed by atoms with Crippen molar-refractivity contribution in [1.29, 1.82) is 0 Å². The minimum Gasteiger partial charge on any atom is -0.453 e. The number of methoxy groups -OCH3 is 1. The maximum absolute atomic E-state index is 13.9. The molecule has 0 aromatic heterocycles. The molecule has 0 spiro atoms. The van der Waals surface area contributed by atoms with Gasteiger partial charge in [0, 0.05) is 32.0 Å². The predicted octanol–water partition coefficient (Wildman–Crippen LogP) is 3.97. The number of nitrogens with one attached hydrogen (secondary N) is 3. The summed E-state index contributed by atoms with van der Waals surface area (Å²) in [6.45, 7) is 4.56. The highest BCUT2D eigenvalue weighted by molar-refractivity contribution is 5.87. The van der Waals surface area contributed by atoms with Crippen molar-refractivity contribution >= 4 is 17.8 Å². The van der Waals surface area contributed by atoms with Crippen molar-refractivity contribution in [2.75, 3.05) is 13.7 Å². The minimum atomic E-state index is -1.14. The first-order chi connectivity index (χ1) is 19.1. The van der Waals surface area contributed by atoms with Crippen LogP contribution in [0.2, 0.25) is 0 Å². The van der Waals surface area contributed by atoms with Crippen LogP contribution in [0.5, 0.6) is 0 Å². The lowest BCUT2D eigenvalue weighted by Crippen LogP contribution is -2.54. The Morgan fingerprint density at radius 3 is 2.30 bits per heavy atom. The molecule has 0 unspecified atom stereocenters. The van der Waals surface area contributed by atoms with E-state index in [0.717, 1.165) is 50.1 Å². The summed E-state index contributed by atoms with van der Waals surface area (Å²) < 4.78 is 32.4. The van der Waals surface area contributed by atoms with Crippen molar-refractivity contribution in [3.05, 3.63) is 70.8 Å². The Labute approximate surface area is 234 Å². The van der Waals surface area contributed by atoms with Gasteiger partial charge in [0.05, 0.1) is 19.3 Å². The summed E-state index contributed by atoms with van der Waals surface area (Å²) in [4.78, 5) is 37.4. The van der Waals surface area contributed by atoms with E-state index >= 15 is 0 Å². The topological polar surface area (TPSA) is 117 Å². The van der Waals surface area contributed by atoms with Gasteiger partial charge in [-0.15, -0.1) is 0 Å². The summed E-state index contributed by atoms with van der Waals surface area (Å²) in [5.41, 5.74) is 2.44. The Kier molecular flexibility index (Phi) is 14.2. The number of aliphatic hydroxyl groups excluding tert-OH is 1. The van der Waals surface area contributed by atoms with Crippen molar-refractivity contribution in [2.24, 2.45) is 0 Å². The number of ether oxygens (including phenoxy) is 1. The van der Waals surface area contributed by atoms with Crippen molar-refractivity contribution in [2.45, 2.75) is 83.5 Å². The molecule has 2 rings (SSSR count). The van der Waals surface area contributed by atoms with E-state index < -0.39 is 41.8 Å². The molecule has 0 aliphatic carbocycles. The first-order valence-corrected chi connectivity index (χ1v) is 13.7. The van der Waals surface area contributed by atoms with Gasteiger partial charge < -0.3 is 25.8 Å². The van der Waals surface area contributed by atoms with Crippen LogP contribution in [-0.4, -0.2) is 54.7 Å². The number of rotatable bonds is 17. The average Bonchev–Trinajstić information content (AvgIpc) is 2.92. The number of alkyl carbamates (subject to hydrolysis) is 1. The molecular formula is C30H41F2N3O5. The van der Waals surface area contributed by atoms with Gasteiger partial charge in [0.1, 0.15) is 23.5 Å². The maximum atomic E-state index is 13.9. The zero-order chi connectivity index (χ0) is 29.5. The number of carbonyl (C=O) groups is 3. The van der Waals surface area contributed by atoms with Crippen LogP contribution in [0.25, 0.3) is 0 Å². The van der Waals surface area contributed by atoms with Crippen LogP contribution in [0.3, 0.4) is 0 Å². The van der Waals surface area contributed by atoms with Gasteiger partial charge in [0.2, 0.25) is 5.91 Å². The highest BCUT2D eigenvalue weighted by atomic mass is 19.1. The van der Waals surface area contributed by atoms with Crippen LogP contribution in [0.1, 0.15) is 62.6 Å². The van der Waals surface area contributed by atoms with Gasteiger partial charge in [-0.1, -0.05) is 44.5 Å². The molecule has 0 fully saturated rings.